The fourth-order valence-electron chi connectivity index (χ4n) is 2.54. The van der Waals surface area contributed by atoms with Crippen LogP contribution >= 0.6 is 35.6 Å². The summed E-state index contributed by atoms with van der Waals surface area (Å²) in [6.07, 6.45) is 0. The number of carboxylic acids is 1. The lowest BCUT2D eigenvalue weighted by atomic mass is 10.2. The van der Waals surface area contributed by atoms with Gasteiger partial charge in [0.1, 0.15) is 0 Å². The predicted octanol–water partition coefficient (Wildman–Crippen LogP) is 5.58. The van der Waals surface area contributed by atoms with Crippen LogP contribution in [0.25, 0.3) is 0 Å². The van der Waals surface area contributed by atoms with Crippen molar-refractivity contribution in [1.29, 1.82) is 0 Å². The van der Waals surface area contributed by atoms with E-state index in [2.05, 4.69) is 16.0 Å². The van der Waals surface area contributed by atoms with E-state index in [0.29, 0.717) is 5.11 Å². The minimum Gasteiger partial charge on any atom is -0.478 e. The van der Waals surface area contributed by atoms with Crippen LogP contribution in [0.4, 0.5) is 17.1 Å². The molecule has 0 aromatic heterocycles. The molecule has 0 saturated heterocycles. The Hall–Kier alpha value is -3.07. The number of thiocarbonyl (C=S) groups is 1. The molecule has 0 unspecified atom stereocenters. The van der Waals surface area contributed by atoms with Gasteiger partial charge in [-0.15, -0.1) is 11.8 Å². The zero-order chi connectivity index (χ0) is 22.2. The molecule has 3 rings (SSSR count). The topological polar surface area (TPSA) is 90.5 Å². The Labute approximate surface area is 194 Å². The highest BCUT2D eigenvalue weighted by Gasteiger charge is 2.11. The minimum atomic E-state index is -1.09. The van der Waals surface area contributed by atoms with E-state index in [1.54, 1.807) is 0 Å². The largest absolute Gasteiger partial charge is 0.478 e. The van der Waals surface area contributed by atoms with Crippen molar-refractivity contribution in [2.75, 3.05) is 21.7 Å². The fourth-order valence-corrected chi connectivity index (χ4v) is 3.64. The van der Waals surface area contributed by atoms with Crippen LogP contribution in [0.15, 0.2) is 77.7 Å². The lowest BCUT2D eigenvalue weighted by Gasteiger charge is -2.11. The number of carboxylic acid groups (broad SMARTS) is 1. The maximum absolute atomic E-state index is 12.2. The van der Waals surface area contributed by atoms with Gasteiger partial charge in [0.05, 0.1) is 22.0 Å². The molecule has 0 aliphatic rings. The maximum atomic E-state index is 12.2. The van der Waals surface area contributed by atoms with E-state index in [4.69, 9.17) is 28.9 Å². The van der Waals surface area contributed by atoms with Gasteiger partial charge in [-0.25, -0.2) is 4.79 Å². The van der Waals surface area contributed by atoms with Gasteiger partial charge < -0.3 is 21.1 Å². The van der Waals surface area contributed by atoms with Gasteiger partial charge in [-0.2, -0.15) is 0 Å². The van der Waals surface area contributed by atoms with Gasteiger partial charge in [-0.05, 0) is 66.8 Å². The molecule has 158 valence electrons. The summed E-state index contributed by atoms with van der Waals surface area (Å²) in [5, 5.41) is 18.7. The van der Waals surface area contributed by atoms with Gasteiger partial charge in [0.15, 0.2) is 5.11 Å². The average Bonchev–Trinajstić information content (AvgIpc) is 2.75. The predicted molar refractivity (Wildman–Crippen MR) is 130 cm³/mol. The average molecular weight is 472 g/mol. The molecule has 0 atom stereocenters. The van der Waals surface area contributed by atoms with Crippen molar-refractivity contribution in [3.05, 3.63) is 83.4 Å². The van der Waals surface area contributed by atoms with Crippen molar-refractivity contribution in [3.63, 3.8) is 0 Å². The van der Waals surface area contributed by atoms with Crippen molar-refractivity contribution in [3.8, 4) is 0 Å². The molecule has 0 spiro atoms. The summed E-state index contributed by atoms with van der Waals surface area (Å²) in [6.45, 7) is 0. The highest BCUT2D eigenvalue weighted by atomic mass is 35.5. The molecule has 3 aromatic carbocycles. The molecule has 4 N–H and O–H groups in total. The van der Waals surface area contributed by atoms with Crippen LogP contribution in [0.1, 0.15) is 10.4 Å². The van der Waals surface area contributed by atoms with E-state index in [9.17, 15) is 9.59 Å². The summed E-state index contributed by atoms with van der Waals surface area (Å²) >= 11 is 12.7. The Morgan fingerprint density at radius 2 is 1.55 bits per heavy atom. The number of thioether (sulfide) groups is 1. The lowest BCUT2D eigenvalue weighted by Crippen LogP contribution is -2.18. The van der Waals surface area contributed by atoms with Crippen molar-refractivity contribution >= 4 is 69.6 Å². The summed E-state index contributed by atoms with van der Waals surface area (Å²) in [4.78, 5) is 24.2. The Morgan fingerprint density at radius 3 is 2.19 bits per heavy atom. The van der Waals surface area contributed by atoms with Crippen molar-refractivity contribution in [2.24, 2.45) is 0 Å². The maximum Gasteiger partial charge on any atom is 0.335 e. The Bertz CT molecular complexity index is 1090. The highest BCUT2D eigenvalue weighted by Crippen LogP contribution is 2.25. The van der Waals surface area contributed by atoms with E-state index in [1.165, 1.54) is 30.0 Å². The molecular formula is C22H18ClN3O3S2. The van der Waals surface area contributed by atoms with E-state index < -0.39 is 5.97 Å². The fraction of sp³-hybridized carbons (Fsp3) is 0.0455. The third-order valence-electron chi connectivity index (χ3n) is 4.00. The molecule has 6 nitrogen and oxygen atoms in total. The number of para-hydroxylation sites is 1. The van der Waals surface area contributed by atoms with Gasteiger partial charge in [0.2, 0.25) is 5.91 Å². The van der Waals surface area contributed by atoms with Crippen LogP contribution in [0, 0.1) is 0 Å². The van der Waals surface area contributed by atoms with Crippen LogP contribution < -0.4 is 16.0 Å². The van der Waals surface area contributed by atoms with Gasteiger partial charge in [-0.1, -0.05) is 29.8 Å². The van der Waals surface area contributed by atoms with Gasteiger partial charge in [-0.3, -0.25) is 4.79 Å². The Morgan fingerprint density at radius 1 is 0.903 bits per heavy atom. The molecule has 0 saturated carbocycles. The number of aromatic carboxylic acids is 1. The summed E-state index contributed by atoms with van der Waals surface area (Å²) in [7, 11) is 0. The molecule has 31 heavy (non-hydrogen) atoms. The Balaban J connectivity index is 1.50. The van der Waals surface area contributed by atoms with Crippen LogP contribution in [0.5, 0.6) is 0 Å². The first-order chi connectivity index (χ1) is 14.9. The molecule has 0 aliphatic carbocycles. The minimum absolute atomic E-state index is 0.0510. The molecule has 0 heterocycles. The summed E-state index contributed by atoms with van der Waals surface area (Å²) < 4.78 is 0. The second-order valence-corrected chi connectivity index (χ2v) is 8.17. The van der Waals surface area contributed by atoms with E-state index in [-0.39, 0.29) is 27.9 Å². The lowest BCUT2D eigenvalue weighted by molar-refractivity contribution is -0.113. The second-order valence-electron chi connectivity index (χ2n) is 6.31. The number of amides is 1. The first kappa shape index (κ1) is 22.6. The zero-order valence-corrected chi connectivity index (χ0v) is 18.5. The molecule has 0 fully saturated rings. The van der Waals surface area contributed by atoms with Gasteiger partial charge in [0, 0.05) is 16.3 Å². The standard InChI is InChI=1S/C22H18ClN3O3S2/c23-18-11-6-14(21(28)29)12-19(18)26-20(27)13-31-17-9-7-16(8-10-17)25-22(30)24-15-4-2-1-3-5-15/h1-12H,13H2,(H,26,27)(H,28,29)(H2,24,25,30). The van der Waals surface area contributed by atoms with E-state index in [0.717, 1.165) is 16.3 Å². The Kier molecular flexibility index (Phi) is 7.88. The second kappa shape index (κ2) is 10.8. The number of anilines is 3. The molecule has 9 heteroatoms. The number of halogens is 1. The van der Waals surface area contributed by atoms with E-state index in [1.807, 2.05) is 54.6 Å². The SMILES string of the molecule is O=C(CSc1ccc(NC(=S)Nc2ccccc2)cc1)Nc1cc(C(=O)O)ccc1Cl. The van der Waals surface area contributed by atoms with Crippen molar-refractivity contribution < 1.29 is 14.7 Å². The van der Waals surface area contributed by atoms with E-state index >= 15 is 0 Å². The van der Waals surface area contributed by atoms with Crippen LogP contribution in [-0.2, 0) is 4.79 Å². The number of nitrogens with one attached hydrogen (secondary N) is 3. The quantitative estimate of drug-likeness (QED) is 0.264. The molecular weight excluding hydrogens is 454 g/mol. The van der Waals surface area contributed by atoms with Crippen molar-refractivity contribution in [2.45, 2.75) is 4.90 Å². The number of rotatable bonds is 7. The zero-order valence-electron chi connectivity index (χ0n) is 16.1. The summed E-state index contributed by atoms with van der Waals surface area (Å²) in [5.41, 5.74) is 2.04. The third-order valence-corrected chi connectivity index (χ3v) is 5.55. The van der Waals surface area contributed by atoms with Crippen LogP contribution in [-0.4, -0.2) is 27.8 Å². The summed E-state index contributed by atoms with van der Waals surface area (Å²) in [5.74, 6) is -1.23. The smallest absolute Gasteiger partial charge is 0.335 e. The number of benzene rings is 3. The number of hydrogen-bond donors (Lipinski definition) is 4. The highest BCUT2D eigenvalue weighted by molar-refractivity contribution is 8.00. The number of carbonyl (C=O) groups is 2. The van der Waals surface area contributed by atoms with Gasteiger partial charge >= 0.3 is 5.97 Å². The first-order valence-electron chi connectivity index (χ1n) is 9.09. The van der Waals surface area contributed by atoms with Crippen LogP contribution in [0.3, 0.4) is 0 Å². The molecule has 1 amide bonds. The number of hydrogen-bond acceptors (Lipinski definition) is 4. The number of carbonyl (C=O) groups excluding carboxylic acids is 1. The first-order valence-corrected chi connectivity index (χ1v) is 10.9. The van der Waals surface area contributed by atoms with Gasteiger partial charge in [0.25, 0.3) is 0 Å². The molecule has 0 radical (unpaired) electrons. The third kappa shape index (κ3) is 6.99. The summed E-state index contributed by atoms with van der Waals surface area (Å²) in [6, 6.07) is 21.3. The molecule has 0 bridgehead atoms. The normalized spacial score (nSPS) is 10.2. The van der Waals surface area contributed by atoms with Crippen LogP contribution in [0.2, 0.25) is 5.02 Å². The monoisotopic (exact) mass is 471 g/mol. The van der Waals surface area contributed by atoms with Crippen molar-refractivity contribution in [1.82, 2.24) is 0 Å². The molecule has 0 aliphatic heterocycles. The molecule has 3 aromatic rings.